The van der Waals surface area contributed by atoms with Gasteiger partial charge in [-0.3, -0.25) is 9.78 Å². The van der Waals surface area contributed by atoms with E-state index in [-0.39, 0.29) is 11.4 Å². The number of halogens is 3. The highest BCUT2D eigenvalue weighted by Gasteiger charge is 2.22. The molecule has 0 spiro atoms. The van der Waals surface area contributed by atoms with Gasteiger partial charge in [-0.15, -0.1) is 0 Å². The lowest BCUT2D eigenvalue weighted by molar-refractivity contribution is 0.106. The van der Waals surface area contributed by atoms with Crippen LogP contribution in [0.4, 0.5) is 20.2 Å². The first-order valence-electron chi connectivity index (χ1n) is 3.47. The van der Waals surface area contributed by atoms with Crippen LogP contribution in [0.2, 0.25) is 0 Å². The maximum atomic E-state index is 12.3. The van der Waals surface area contributed by atoms with Crippen LogP contribution in [0.1, 0.15) is 22.5 Å². The van der Waals surface area contributed by atoms with Crippen molar-refractivity contribution in [3.63, 3.8) is 0 Å². The number of aromatic nitrogens is 1. The van der Waals surface area contributed by atoms with Crippen LogP contribution in [0.3, 0.4) is 0 Å². The third kappa shape index (κ3) is 1.74. The highest BCUT2D eigenvalue weighted by molar-refractivity contribution is 6.68. The number of nitrogens with zero attached hydrogens (tertiary/aromatic N) is 1. The Morgan fingerprint density at radius 1 is 1.50 bits per heavy atom. The molecule has 1 rings (SSSR count). The molecule has 0 saturated carbocycles. The van der Waals surface area contributed by atoms with Crippen LogP contribution in [-0.2, 0) is 0 Å². The number of anilines is 2. The second-order valence-corrected chi connectivity index (χ2v) is 2.81. The van der Waals surface area contributed by atoms with Crippen LogP contribution in [0, 0.1) is 0 Å². The van der Waals surface area contributed by atoms with Gasteiger partial charge in [0.25, 0.3) is 11.7 Å². The molecule has 0 aromatic carbocycles. The van der Waals surface area contributed by atoms with Crippen LogP contribution in [0.5, 0.6) is 0 Å². The summed E-state index contributed by atoms with van der Waals surface area (Å²) in [6.45, 7) is 0. The average molecular weight is 222 g/mol. The first-order valence-corrected chi connectivity index (χ1v) is 3.84. The second kappa shape index (κ2) is 3.75. The van der Waals surface area contributed by atoms with E-state index in [0.29, 0.717) is 0 Å². The maximum absolute atomic E-state index is 12.3. The molecular weight excluding hydrogens is 216 g/mol. The molecule has 0 aliphatic rings. The first-order chi connectivity index (χ1) is 6.45. The largest absolute Gasteiger partial charge is 0.396 e. The van der Waals surface area contributed by atoms with Gasteiger partial charge in [-0.25, -0.2) is 8.78 Å². The van der Waals surface area contributed by atoms with Crippen LogP contribution in [0.25, 0.3) is 0 Å². The van der Waals surface area contributed by atoms with Gasteiger partial charge in [0.1, 0.15) is 5.69 Å². The van der Waals surface area contributed by atoms with E-state index in [2.05, 4.69) is 4.98 Å². The number of alkyl halides is 2. The molecule has 1 aromatic rings. The van der Waals surface area contributed by atoms with Crippen LogP contribution >= 0.6 is 11.6 Å². The number of pyridine rings is 1. The summed E-state index contributed by atoms with van der Waals surface area (Å²) in [5.74, 6) is 0. The van der Waals surface area contributed by atoms with Crippen molar-refractivity contribution in [1.29, 1.82) is 0 Å². The zero-order valence-electron chi connectivity index (χ0n) is 6.80. The van der Waals surface area contributed by atoms with Crippen molar-refractivity contribution in [2.24, 2.45) is 0 Å². The summed E-state index contributed by atoms with van der Waals surface area (Å²) in [4.78, 5) is 14.1. The fourth-order valence-corrected chi connectivity index (χ4v) is 1.13. The van der Waals surface area contributed by atoms with Gasteiger partial charge in [0, 0.05) is 0 Å². The van der Waals surface area contributed by atoms with E-state index in [1.165, 1.54) is 0 Å². The summed E-state index contributed by atoms with van der Waals surface area (Å²) < 4.78 is 24.7. The molecule has 1 heterocycles. The van der Waals surface area contributed by atoms with Crippen molar-refractivity contribution in [2.75, 3.05) is 11.5 Å². The SMILES string of the molecule is Nc1cnc(C(F)F)c(C(=O)Cl)c1N. The zero-order chi connectivity index (χ0) is 10.9. The molecule has 7 heteroatoms. The Balaban J connectivity index is 3.45. The zero-order valence-corrected chi connectivity index (χ0v) is 7.55. The molecule has 4 nitrogen and oxygen atoms in total. The Morgan fingerprint density at radius 3 is 2.50 bits per heavy atom. The minimum Gasteiger partial charge on any atom is -0.396 e. The van der Waals surface area contributed by atoms with Crippen LogP contribution in [-0.4, -0.2) is 10.2 Å². The minimum atomic E-state index is -2.92. The summed E-state index contributed by atoms with van der Waals surface area (Å²) in [5.41, 5.74) is 9.00. The van der Waals surface area contributed by atoms with Crippen molar-refractivity contribution >= 4 is 28.2 Å². The Bertz CT molecular complexity index is 383. The standard InChI is InChI=1S/C7H6ClF2N3O/c8-6(14)3-4(12)2(11)1-13-5(3)7(9)10/h1,7H,11H2,(H2,12,13). The van der Waals surface area contributed by atoms with E-state index in [0.717, 1.165) is 6.20 Å². The van der Waals surface area contributed by atoms with Crippen molar-refractivity contribution in [3.05, 3.63) is 17.5 Å². The molecule has 0 radical (unpaired) electrons. The molecule has 4 N–H and O–H groups in total. The summed E-state index contributed by atoms with van der Waals surface area (Å²) in [7, 11) is 0. The van der Waals surface area contributed by atoms with E-state index in [4.69, 9.17) is 23.1 Å². The number of hydrogen-bond donors (Lipinski definition) is 2. The van der Waals surface area contributed by atoms with Gasteiger partial charge in [-0.05, 0) is 11.6 Å². The lowest BCUT2D eigenvalue weighted by atomic mass is 10.1. The molecule has 1 aromatic heterocycles. The predicted octanol–water partition coefficient (Wildman–Crippen LogP) is 1.56. The number of carbonyl (C=O) groups excluding carboxylic acids is 1. The first kappa shape index (κ1) is 10.6. The number of carbonyl (C=O) groups is 1. The van der Waals surface area contributed by atoms with Gasteiger partial charge in [0.05, 0.1) is 23.1 Å². The topological polar surface area (TPSA) is 82.0 Å². The third-order valence-electron chi connectivity index (χ3n) is 1.58. The van der Waals surface area contributed by atoms with Crippen molar-refractivity contribution in [3.8, 4) is 0 Å². The fourth-order valence-electron chi connectivity index (χ4n) is 0.928. The molecule has 0 aliphatic heterocycles. The number of rotatable bonds is 2. The summed E-state index contributed by atoms with van der Waals surface area (Å²) in [6, 6.07) is 0. The van der Waals surface area contributed by atoms with E-state index in [1.54, 1.807) is 0 Å². The Kier molecular flexibility index (Phi) is 2.85. The van der Waals surface area contributed by atoms with Crippen LogP contribution in [0.15, 0.2) is 6.20 Å². The molecule has 0 saturated heterocycles. The minimum absolute atomic E-state index is 0.0570. The molecule has 0 aliphatic carbocycles. The van der Waals surface area contributed by atoms with E-state index in [1.807, 2.05) is 0 Å². The third-order valence-corrected chi connectivity index (χ3v) is 1.77. The number of hydrogen-bond acceptors (Lipinski definition) is 4. The molecule has 0 fully saturated rings. The normalized spacial score (nSPS) is 10.6. The maximum Gasteiger partial charge on any atom is 0.281 e. The summed E-state index contributed by atoms with van der Waals surface area (Å²) in [5, 5.41) is -1.10. The molecular formula is C7H6ClF2N3O. The molecule has 76 valence electrons. The summed E-state index contributed by atoms with van der Waals surface area (Å²) >= 11 is 5.08. The van der Waals surface area contributed by atoms with Gasteiger partial charge in [-0.2, -0.15) is 0 Å². The Labute approximate surface area is 82.9 Å². The van der Waals surface area contributed by atoms with Crippen molar-refractivity contribution < 1.29 is 13.6 Å². The number of nitrogen functional groups attached to an aromatic ring is 2. The Morgan fingerprint density at radius 2 is 2.07 bits per heavy atom. The van der Waals surface area contributed by atoms with Gasteiger partial charge < -0.3 is 11.5 Å². The van der Waals surface area contributed by atoms with E-state index >= 15 is 0 Å². The van der Waals surface area contributed by atoms with Gasteiger partial charge >= 0.3 is 0 Å². The average Bonchev–Trinajstić information content (AvgIpc) is 2.08. The Hall–Kier alpha value is -1.43. The quantitative estimate of drug-likeness (QED) is 0.743. The van der Waals surface area contributed by atoms with E-state index < -0.39 is 22.9 Å². The molecule has 0 bridgehead atoms. The fraction of sp³-hybridized carbons (Fsp3) is 0.143. The van der Waals surface area contributed by atoms with Gasteiger partial charge in [-0.1, -0.05) is 0 Å². The molecule has 0 amide bonds. The second-order valence-electron chi connectivity index (χ2n) is 2.46. The van der Waals surface area contributed by atoms with Gasteiger partial charge in [0.2, 0.25) is 0 Å². The lowest BCUT2D eigenvalue weighted by Crippen LogP contribution is -2.09. The monoisotopic (exact) mass is 221 g/mol. The molecule has 0 unspecified atom stereocenters. The summed E-state index contributed by atoms with van der Waals surface area (Å²) in [6.07, 6.45) is -1.96. The van der Waals surface area contributed by atoms with E-state index in [9.17, 15) is 13.6 Å². The van der Waals surface area contributed by atoms with Gasteiger partial charge in [0.15, 0.2) is 0 Å². The lowest BCUT2D eigenvalue weighted by Gasteiger charge is -2.08. The van der Waals surface area contributed by atoms with Crippen LogP contribution < -0.4 is 11.5 Å². The van der Waals surface area contributed by atoms with Crippen molar-refractivity contribution in [1.82, 2.24) is 4.98 Å². The highest BCUT2D eigenvalue weighted by Crippen LogP contribution is 2.29. The van der Waals surface area contributed by atoms with Crippen molar-refractivity contribution in [2.45, 2.75) is 6.43 Å². The molecule has 14 heavy (non-hydrogen) atoms. The predicted molar refractivity (Wildman–Crippen MR) is 48.2 cm³/mol. The number of nitrogens with two attached hydrogens (primary N) is 2. The smallest absolute Gasteiger partial charge is 0.281 e. The highest BCUT2D eigenvalue weighted by atomic mass is 35.5. The molecule has 0 atom stereocenters.